The zero-order valence-corrected chi connectivity index (χ0v) is 11.4. The lowest BCUT2D eigenvalue weighted by Gasteiger charge is -2.12. The van der Waals surface area contributed by atoms with Crippen molar-refractivity contribution in [1.82, 2.24) is 5.32 Å². The summed E-state index contributed by atoms with van der Waals surface area (Å²) in [6.45, 7) is 3.13. The molecule has 0 amide bonds. The van der Waals surface area contributed by atoms with E-state index in [9.17, 15) is 0 Å². The third-order valence-corrected chi connectivity index (χ3v) is 3.37. The predicted octanol–water partition coefficient (Wildman–Crippen LogP) is 3.71. The zero-order chi connectivity index (χ0) is 10.4. The molecule has 0 spiro atoms. The molecule has 1 aromatic carbocycles. The van der Waals surface area contributed by atoms with Crippen LogP contribution in [0.4, 0.5) is 0 Å². The van der Waals surface area contributed by atoms with Gasteiger partial charge in [0.1, 0.15) is 0 Å². The quantitative estimate of drug-likeness (QED) is 0.815. The molecular weight excluding hydrogens is 306 g/mol. The summed E-state index contributed by atoms with van der Waals surface area (Å²) in [6.07, 6.45) is 1.16. The fraction of sp³-hybridized carbons (Fsp3) is 0.455. The van der Waals surface area contributed by atoms with Crippen LogP contribution in [0.25, 0.3) is 0 Å². The van der Waals surface area contributed by atoms with Crippen LogP contribution in [0.5, 0.6) is 0 Å². The fourth-order valence-electron chi connectivity index (χ4n) is 1.19. The standard InChI is InChI=1S/C11H15Br2N/c1-9(6-7-12)14-8-10-4-2-3-5-11(10)13/h2-5,9,14H,6-8H2,1H3. The molecule has 78 valence electrons. The summed E-state index contributed by atoms with van der Waals surface area (Å²) in [5.41, 5.74) is 1.31. The summed E-state index contributed by atoms with van der Waals surface area (Å²) in [4.78, 5) is 0. The van der Waals surface area contributed by atoms with Gasteiger partial charge in [0.15, 0.2) is 0 Å². The van der Waals surface area contributed by atoms with E-state index in [1.54, 1.807) is 0 Å². The van der Waals surface area contributed by atoms with Crippen molar-refractivity contribution in [2.24, 2.45) is 0 Å². The van der Waals surface area contributed by atoms with Gasteiger partial charge in [0.05, 0.1) is 0 Å². The molecule has 1 atom stereocenters. The van der Waals surface area contributed by atoms with Gasteiger partial charge in [-0.15, -0.1) is 0 Å². The Morgan fingerprint density at radius 1 is 1.36 bits per heavy atom. The second-order valence-corrected chi connectivity index (χ2v) is 5.00. The first-order chi connectivity index (χ1) is 6.74. The van der Waals surface area contributed by atoms with Crippen LogP contribution in [-0.2, 0) is 6.54 Å². The number of rotatable bonds is 5. The highest BCUT2D eigenvalue weighted by Gasteiger charge is 2.02. The largest absolute Gasteiger partial charge is 0.310 e. The van der Waals surface area contributed by atoms with Gasteiger partial charge in [0, 0.05) is 22.4 Å². The third-order valence-electron chi connectivity index (χ3n) is 2.14. The van der Waals surface area contributed by atoms with Crippen LogP contribution >= 0.6 is 31.9 Å². The summed E-state index contributed by atoms with van der Waals surface area (Å²) >= 11 is 6.98. The summed E-state index contributed by atoms with van der Waals surface area (Å²) in [7, 11) is 0. The van der Waals surface area contributed by atoms with Gasteiger partial charge in [-0.1, -0.05) is 50.1 Å². The molecule has 0 aliphatic heterocycles. The number of benzene rings is 1. The molecule has 14 heavy (non-hydrogen) atoms. The first kappa shape index (κ1) is 12.2. The average molecular weight is 321 g/mol. The van der Waals surface area contributed by atoms with Gasteiger partial charge in [0.2, 0.25) is 0 Å². The first-order valence-electron chi connectivity index (χ1n) is 4.76. The normalized spacial score (nSPS) is 12.8. The second-order valence-electron chi connectivity index (χ2n) is 3.35. The maximum atomic E-state index is 3.54. The Hall–Kier alpha value is 0.140. The van der Waals surface area contributed by atoms with Crippen LogP contribution in [0.15, 0.2) is 28.7 Å². The third kappa shape index (κ3) is 4.11. The van der Waals surface area contributed by atoms with E-state index in [4.69, 9.17) is 0 Å². The van der Waals surface area contributed by atoms with E-state index >= 15 is 0 Å². The Labute approximate surface area is 103 Å². The van der Waals surface area contributed by atoms with Crippen molar-refractivity contribution in [3.8, 4) is 0 Å². The van der Waals surface area contributed by atoms with Crippen molar-refractivity contribution in [3.63, 3.8) is 0 Å². The fourth-order valence-corrected chi connectivity index (χ4v) is 2.30. The van der Waals surface area contributed by atoms with Crippen molar-refractivity contribution in [1.29, 1.82) is 0 Å². The van der Waals surface area contributed by atoms with Crippen molar-refractivity contribution in [2.75, 3.05) is 5.33 Å². The molecule has 3 heteroatoms. The van der Waals surface area contributed by atoms with Crippen LogP contribution in [0.2, 0.25) is 0 Å². The molecule has 1 rings (SSSR count). The van der Waals surface area contributed by atoms with Gasteiger partial charge in [-0.2, -0.15) is 0 Å². The van der Waals surface area contributed by atoms with E-state index in [-0.39, 0.29) is 0 Å². The van der Waals surface area contributed by atoms with Crippen LogP contribution in [-0.4, -0.2) is 11.4 Å². The molecule has 0 saturated heterocycles. The van der Waals surface area contributed by atoms with Gasteiger partial charge in [0.25, 0.3) is 0 Å². The monoisotopic (exact) mass is 319 g/mol. The molecule has 0 fully saturated rings. The van der Waals surface area contributed by atoms with Crippen molar-refractivity contribution >= 4 is 31.9 Å². The number of hydrogen-bond acceptors (Lipinski definition) is 1. The van der Waals surface area contributed by atoms with Gasteiger partial charge in [-0.05, 0) is 25.0 Å². The van der Waals surface area contributed by atoms with E-state index in [1.165, 1.54) is 10.0 Å². The summed E-state index contributed by atoms with van der Waals surface area (Å²) in [6, 6.07) is 8.87. The SMILES string of the molecule is CC(CCBr)NCc1ccccc1Br. The summed E-state index contributed by atoms with van der Waals surface area (Å²) < 4.78 is 1.18. The lowest BCUT2D eigenvalue weighted by molar-refractivity contribution is 0.538. The number of alkyl halides is 1. The van der Waals surface area contributed by atoms with Crippen molar-refractivity contribution in [3.05, 3.63) is 34.3 Å². The van der Waals surface area contributed by atoms with E-state index in [1.807, 2.05) is 6.07 Å². The maximum absolute atomic E-state index is 3.54. The topological polar surface area (TPSA) is 12.0 Å². The predicted molar refractivity (Wildman–Crippen MR) is 68.9 cm³/mol. The van der Waals surface area contributed by atoms with Crippen LogP contribution in [0, 0.1) is 0 Å². The van der Waals surface area contributed by atoms with Crippen LogP contribution in [0.1, 0.15) is 18.9 Å². The Morgan fingerprint density at radius 3 is 2.71 bits per heavy atom. The maximum Gasteiger partial charge on any atom is 0.0220 e. The second kappa shape index (κ2) is 6.59. The summed E-state index contributed by atoms with van der Waals surface area (Å²) in [5, 5.41) is 4.53. The Balaban J connectivity index is 2.41. The smallest absolute Gasteiger partial charge is 0.0220 e. The Kier molecular flexibility index (Phi) is 5.75. The Morgan fingerprint density at radius 2 is 2.07 bits per heavy atom. The first-order valence-corrected chi connectivity index (χ1v) is 6.68. The molecule has 1 nitrogen and oxygen atoms in total. The number of nitrogens with one attached hydrogen (secondary N) is 1. The average Bonchev–Trinajstić information content (AvgIpc) is 2.17. The van der Waals surface area contributed by atoms with Crippen molar-refractivity contribution in [2.45, 2.75) is 25.9 Å². The van der Waals surface area contributed by atoms with E-state index in [0.717, 1.165) is 18.3 Å². The van der Waals surface area contributed by atoms with Gasteiger partial charge in [-0.25, -0.2) is 0 Å². The van der Waals surface area contributed by atoms with Crippen LogP contribution in [0.3, 0.4) is 0 Å². The van der Waals surface area contributed by atoms with E-state index in [2.05, 4.69) is 62.3 Å². The highest BCUT2D eigenvalue weighted by Crippen LogP contribution is 2.15. The van der Waals surface area contributed by atoms with Gasteiger partial charge in [-0.3, -0.25) is 0 Å². The lowest BCUT2D eigenvalue weighted by atomic mass is 10.2. The highest BCUT2D eigenvalue weighted by atomic mass is 79.9. The van der Waals surface area contributed by atoms with E-state index < -0.39 is 0 Å². The minimum Gasteiger partial charge on any atom is -0.310 e. The van der Waals surface area contributed by atoms with Crippen molar-refractivity contribution < 1.29 is 0 Å². The molecule has 0 aromatic heterocycles. The molecule has 0 saturated carbocycles. The molecule has 1 N–H and O–H groups in total. The molecule has 0 aliphatic carbocycles. The molecule has 0 radical (unpaired) electrons. The zero-order valence-electron chi connectivity index (χ0n) is 8.26. The minimum absolute atomic E-state index is 0.557. The molecule has 0 heterocycles. The molecule has 1 unspecified atom stereocenters. The molecule has 1 aromatic rings. The minimum atomic E-state index is 0.557. The summed E-state index contributed by atoms with van der Waals surface area (Å²) in [5.74, 6) is 0. The lowest BCUT2D eigenvalue weighted by Crippen LogP contribution is -2.25. The van der Waals surface area contributed by atoms with Gasteiger partial charge < -0.3 is 5.32 Å². The number of hydrogen-bond donors (Lipinski definition) is 1. The van der Waals surface area contributed by atoms with E-state index in [0.29, 0.717) is 6.04 Å². The molecule has 0 bridgehead atoms. The Bertz CT molecular complexity index is 276. The highest BCUT2D eigenvalue weighted by molar-refractivity contribution is 9.10. The van der Waals surface area contributed by atoms with Gasteiger partial charge >= 0.3 is 0 Å². The number of halogens is 2. The molecule has 0 aliphatic rings. The molecular formula is C11H15Br2N. The van der Waals surface area contributed by atoms with Crippen LogP contribution < -0.4 is 5.32 Å².